The molecule has 3 rings (SSSR count). The number of rotatable bonds is 7. The van der Waals surface area contributed by atoms with Crippen LogP contribution in [0.2, 0.25) is 0 Å². The number of amides is 1. The van der Waals surface area contributed by atoms with E-state index in [9.17, 15) is 4.79 Å². The van der Waals surface area contributed by atoms with E-state index in [0.717, 1.165) is 15.6 Å². The molecule has 1 aromatic carbocycles. The maximum atomic E-state index is 12.8. The lowest BCUT2D eigenvalue weighted by Crippen LogP contribution is -2.30. The van der Waals surface area contributed by atoms with Gasteiger partial charge in [0, 0.05) is 18.0 Å². The summed E-state index contributed by atoms with van der Waals surface area (Å²) in [5, 5.41) is 0.985. The Balaban J connectivity index is 1.65. The summed E-state index contributed by atoms with van der Waals surface area (Å²) in [6.07, 6.45) is 1.36. The third kappa shape index (κ3) is 4.33. The Labute approximate surface area is 167 Å². The Bertz CT molecular complexity index is 966. The minimum Gasteiger partial charge on any atom is -0.497 e. The van der Waals surface area contributed by atoms with Crippen molar-refractivity contribution < 1.29 is 18.7 Å². The SMILES string of the molecule is COc1cccc(OCc2nc(C(=O)N(C)[C@@H](C)c3nc(C)sc3C)co2)c1. The molecule has 0 aliphatic rings. The summed E-state index contributed by atoms with van der Waals surface area (Å²) in [6.45, 7) is 6.04. The predicted octanol–water partition coefficient (Wildman–Crippen LogP) is 4.17. The van der Waals surface area contributed by atoms with E-state index < -0.39 is 0 Å². The Hall–Kier alpha value is -2.87. The van der Waals surface area contributed by atoms with Crippen LogP contribution in [0.5, 0.6) is 11.5 Å². The fourth-order valence-corrected chi connectivity index (χ4v) is 3.69. The van der Waals surface area contributed by atoms with Crippen LogP contribution in [0.1, 0.15) is 44.9 Å². The van der Waals surface area contributed by atoms with E-state index in [2.05, 4.69) is 9.97 Å². The van der Waals surface area contributed by atoms with Crippen LogP contribution >= 0.6 is 11.3 Å². The minimum atomic E-state index is -0.228. The molecule has 28 heavy (non-hydrogen) atoms. The van der Waals surface area contributed by atoms with Gasteiger partial charge in [-0.3, -0.25) is 4.79 Å². The molecule has 0 spiro atoms. The van der Waals surface area contributed by atoms with Gasteiger partial charge in [-0.15, -0.1) is 11.3 Å². The van der Waals surface area contributed by atoms with Gasteiger partial charge in [0.05, 0.1) is 23.9 Å². The van der Waals surface area contributed by atoms with Crippen molar-refractivity contribution in [1.29, 1.82) is 0 Å². The van der Waals surface area contributed by atoms with Gasteiger partial charge in [-0.2, -0.15) is 0 Å². The lowest BCUT2D eigenvalue weighted by molar-refractivity contribution is 0.0733. The zero-order valence-electron chi connectivity index (χ0n) is 16.6. The molecule has 0 radical (unpaired) electrons. The largest absolute Gasteiger partial charge is 0.497 e. The van der Waals surface area contributed by atoms with Crippen molar-refractivity contribution in [2.24, 2.45) is 0 Å². The van der Waals surface area contributed by atoms with Crippen LogP contribution in [0.3, 0.4) is 0 Å². The van der Waals surface area contributed by atoms with Crippen molar-refractivity contribution in [2.75, 3.05) is 14.2 Å². The zero-order chi connectivity index (χ0) is 20.3. The van der Waals surface area contributed by atoms with Crippen molar-refractivity contribution in [3.8, 4) is 11.5 Å². The van der Waals surface area contributed by atoms with Gasteiger partial charge in [0.15, 0.2) is 12.3 Å². The van der Waals surface area contributed by atoms with Crippen molar-refractivity contribution >= 4 is 17.2 Å². The fraction of sp³-hybridized carbons (Fsp3) is 0.350. The first-order chi connectivity index (χ1) is 13.4. The molecule has 8 heteroatoms. The van der Waals surface area contributed by atoms with E-state index >= 15 is 0 Å². The summed E-state index contributed by atoms with van der Waals surface area (Å²) in [5.41, 5.74) is 1.15. The number of hydrogen-bond acceptors (Lipinski definition) is 7. The monoisotopic (exact) mass is 401 g/mol. The van der Waals surface area contributed by atoms with Gasteiger partial charge in [-0.25, -0.2) is 9.97 Å². The Kier molecular flexibility index (Phi) is 5.99. The molecular formula is C20H23N3O4S. The van der Waals surface area contributed by atoms with Gasteiger partial charge in [0.2, 0.25) is 5.89 Å². The standard InChI is InChI=1S/C20H23N3O4S/c1-12(19-13(2)28-14(3)21-19)23(4)20(24)17-10-27-18(22-17)11-26-16-8-6-7-15(9-16)25-5/h6-10,12H,11H2,1-5H3/t12-/m0/s1. The summed E-state index contributed by atoms with van der Waals surface area (Å²) in [4.78, 5) is 24.3. The first-order valence-electron chi connectivity index (χ1n) is 8.81. The Morgan fingerprint density at radius 1 is 1.29 bits per heavy atom. The predicted molar refractivity (Wildman–Crippen MR) is 106 cm³/mol. The molecule has 0 aliphatic heterocycles. The van der Waals surface area contributed by atoms with Crippen molar-refractivity contribution in [1.82, 2.24) is 14.9 Å². The molecule has 2 aromatic heterocycles. The highest BCUT2D eigenvalue weighted by molar-refractivity contribution is 7.11. The highest BCUT2D eigenvalue weighted by Gasteiger charge is 2.25. The number of aryl methyl sites for hydroxylation is 2. The second-order valence-electron chi connectivity index (χ2n) is 6.36. The lowest BCUT2D eigenvalue weighted by atomic mass is 10.2. The average molecular weight is 401 g/mol. The molecule has 0 bridgehead atoms. The van der Waals surface area contributed by atoms with Gasteiger partial charge >= 0.3 is 0 Å². The second-order valence-corrected chi connectivity index (χ2v) is 7.77. The van der Waals surface area contributed by atoms with E-state index in [1.54, 1.807) is 36.5 Å². The molecule has 0 saturated carbocycles. The molecule has 3 aromatic rings. The summed E-state index contributed by atoms with van der Waals surface area (Å²) in [6, 6.07) is 7.08. The zero-order valence-corrected chi connectivity index (χ0v) is 17.4. The molecule has 1 amide bonds. The number of carbonyl (C=O) groups is 1. The smallest absolute Gasteiger partial charge is 0.276 e. The van der Waals surface area contributed by atoms with Gasteiger partial charge < -0.3 is 18.8 Å². The normalized spacial score (nSPS) is 11.9. The van der Waals surface area contributed by atoms with E-state index in [-0.39, 0.29) is 24.2 Å². The van der Waals surface area contributed by atoms with Crippen molar-refractivity contribution in [2.45, 2.75) is 33.4 Å². The van der Waals surface area contributed by atoms with Crippen LogP contribution in [0.4, 0.5) is 0 Å². The second kappa shape index (κ2) is 8.43. The number of aromatic nitrogens is 2. The third-order valence-corrected chi connectivity index (χ3v) is 5.31. The number of carbonyl (C=O) groups excluding carboxylic acids is 1. The van der Waals surface area contributed by atoms with Crippen molar-refractivity contribution in [3.63, 3.8) is 0 Å². The highest BCUT2D eigenvalue weighted by atomic mass is 32.1. The van der Waals surface area contributed by atoms with E-state index in [0.29, 0.717) is 17.4 Å². The van der Waals surface area contributed by atoms with Gasteiger partial charge in [-0.05, 0) is 32.9 Å². The fourth-order valence-electron chi connectivity index (χ4n) is 2.78. The van der Waals surface area contributed by atoms with E-state index in [4.69, 9.17) is 13.9 Å². The highest BCUT2D eigenvalue weighted by Crippen LogP contribution is 2.27. The minimum absolute atomic E-state index is 0.115. The number of methoxy groups -OCH3 is 1. The number of ether oxygens (including phenoxy) is 2. The van der Waals surface area contributed by atoms with Gasteiger partial charge in [-0.1, -0.05) is 6.07 Å². The molecule has 0 fully saturated rings. The summed E-state index contributed by atoms with van der Waals surface area (Å²) in [7, 11) is 3.33. The molecule has 7 nitrogen and oxygen atoms in total. The molecule has 1 atom stereocenters. The summed E-state index contributed by atoms with van der Waals surface area (Å²) in [5.74, 6) is 1.43. The Morgan fingerprint density at radius 3 is 2.71 bits per heavy atom. The van der Waals surface area contributed by atoms with Crippen LogP contribution < -0.4 is 9.47 Å². The quantitative estimate of drug-likeness (QED) is 0.591. The maximum Gasteiger partial charge on any atom is 0.276 e. The topological polar surface area (TPSA) is 77.7 Å². The van der Waals surface area contributed by atoms with Crippen LogP contribution in [-0.4, -0.2) is 34.9 Å². The summed E-state index contributed by atoms with van der Waals surface area (Å²) >= 11 is 1.62. The van der Waals surface area contributed by atoms with E-state index in [1.165, 1.54) is 6.26 Å². The number of oxazole rings is 1. The molecule has 0 unspecified atom stereocenters. The van der Waals surface area contributed by atoms with Gasteiger partial charge in [0.25, 0.3) is 5.91 Å². The van der Waals surface area contributed by atoms with Crippen LogP contribution in [-0.2, 0) is 6.61 Å². The van der Waals surface area contributed by atoms with E-state index in [1.807, 2.05) is 39.0 Å². The number of benzene rings is 1. The maximum absolute atomic E-state index is 12.8. The summed E-state index contributed by atoms with van der Waals surface area (Å²) < 4.78 is 16.2. The first kappa shape index (κ1) is 19.9. The molecule has 0 saturated heterocycles. The average Bonchev–Trinajstić information content (AvgIpc) is 3.30. The number of thiazole rings is 1. The van der Waals surface area contributed by atoms with Crippen LogP contribution in [0.25, 0.3) is 0 Å². The molecule has 0 aliphatic carbocycles. The van der Waals surface area contributed by atoms with Crippen LogP contribution in [0.15, 0.2) is 34.9 Å². The Morgan fingerprint density at radius 2 is 2.04 bits per heavy atom. The first-order valence-corrected chi connectivity index (χ1v) is 9.63. The van der Waals surface area contributed by atoms with Gasteiger partial charge in [0.1, 0.15) is 17.8 Å². The molecule has 0 N–H and O–H groups in total. The molecular weight excluding hydrogens is 378 g/mol. The number of nitrogens with zero attached hydrogens (tertiary/aromatic N) is 3. The lowest BCUT2D eigenvalue weighted by Gasteiger charge is -2.23. The molecule has 148 valence electrons. The van der Waals surface area contributed by atoms with Crippen molar-refractivity contribution in [3.05, 3.63) is 57.7 Å². The number of hydrogen-bond donors (Lipinski definition) is 0. The third-order valence-electron chi connectivity index (χ3n) is 4.41. The van der Waals surface area contributed by atoms with Crippen LogP contribution in [0, 0.1) is 13.8 Å². The molecule has 2 heterocycles.